The molecule has 7 atom stereocenters. The van der Waals surface area contributed by atoms with E-state index in [0.717, 1.165) is 44.1 Å². The second-order valence-electron chi connectivity index (χ2n) is 9.38. The van der Waals surface area contributed by atoms with Gasteiger partial charge >= 0.3 is 0 Å². The zero-order valence-electron chi connectivity index (χ0n) is 14.6. The lowest BCUT2D eigenvalue weighted by Gasteiger charge is -2.59. The van der Waals surface area contributed by atoms with Gasteiger partial charge in [-0.05, 0) is 85.7 Å². The first-order valence-electron chi connectivity index (χ1n) is 9.34. The van der Waals surface area contributed by atoms with E-state index in [-0.39, 0.29) is 16.6 Å². The van der Waals surface area contributed by atoms with E-state index in [1.807, 2.05) is 6.92 Å². The molecule has 0 heterocycles. The lowest BCUT2D eigenvalue weighted by Crippen LogP contribution is -2.56. The van der Waals surface area contributed by atoms with Crippen molar-refractivity contribution in [2.24, 2.45) is 28.6 Å². The normalized spacial score (nSPS) is 55.7. The highest BCUT2D eigenvalue weighted by Crippen LogP contribution is 2.67. The van der Waals surface area contributed by atoms with E-state index in [0.29, 0.717) is 24.2 Å². The van der Waals surface area contributed by atoms with E-state index in [1.165, 1.54) is 0 Å². The Balaban J connectivity index is 1.74. The lowest BCUT2D eigenvalue weighted by molar-refractivity contribution is -0.132. The van der Waals surface area contributed by atoms with Crippen molar-refractivity contribution in [3.05, 3.63) is 11.6 Å². The van der Waals surface area contributed by atoms with Gasteiger partial charge in [-0.3, -0.25) is 4.79 Å². The molecule has 3 saturated carbocycles. The third kappa shape index (κ3) is 1.93. The molecule has 4 rings (SSSR count). The van der Waals surface area contributed by atoms with Crippen molar-refractivity contribution in [3.8, 4) is 0 Å². The molecular formula is C20H30O3. The molecule has 0 saturated heterocycles. The second-order valence-corrected chi connectivity index (χ2v) is 9.38. The van der Waals surface area contributed by atoms with Crippen LogP contribution in [0.5, 0.6) is 0 Å². The Hall–Kier alpha value is -0.670. The smallest absolute Gasteiger partial charge is 0.155 e. The molecule has 3 fully saturated rings. The Labute approximate surface area is 139 Å². The number of hydrogen-bond acceptors (Lipinski definition) is 3. The minimum Gasteiger partial charge on any atom is -0.390 e. The summed E-state index contributed by atoms with van der Waals surface area (Å²) in [4.78, 5) is 11.9. The molecule has 0 radical (unpaired) electrons. The SMILES string of the molecule is C[C@]12CCC(=O)C=C1[C@H](O)C[C@@H]1[C@@H]2CC[C@@]2(C)[C@H]1CC[C@]2(C)O. The molecule has 0 unspecified atom stereocenters. The first kappa shape index (κ1) is 15.8. The number of aliphatic hydroxyl groups excluding tert-OH is 1. The third-order valence-electron chi connectivity index (χ3n) is 8.54. The van der Waals surface area contributed by atoms with Crippen molar-refractivity contribution >= 4 is 5.78 Å². The fraction of sp³-hybridized carbons (Fsp3) is 0.850. The van der Waals surface area contributed by atoms with E-state index in [1.54, 1.807) is 6.08 Å². The summed E-state index contributed by atoms with van der Waals surface area (Å²) in [5.74, 6) is 1.71. The summed E-state index contributed by atoms with van der Waals surface area (Å²) in [6, 6.07) is 0. The molecule has 4 aliphatic carbocycles. The van der Waals surface area contributed by atoms with Gasteiger partial charge in [0.2, 0.25) is 0 Å². The number of aliphatic hydroxyl groups is 2. The Kier molecular flexibility index (Phi) is 3.23. The number of fused-ring (bicyclic) bond motifs is 5. The maximum absolute atomic E-state index is 11.9. The molecule has 0 aromatic carbocycles. The molecule has 23 heavy (non-hydrogen) atoms. The van der Waals surface area contributed by atoms with Gasteiger partial charge in [0.1, 0.15) is 0 Å². The summed E-state index contributed by atoms with van der Waals surface area (Å²) in [5, 5.41) is 21.7. The highest BCUT2D eigenvalue weighted by atomic mass is 16.3. The van der Waals surface area contributed by atoms with Gasteiger partial charge < -0.3 is 10.2 Å². The highest BCUT2D eigenvalue weighted by molar-refractivity contribution is 5.91. The molecular weight excluding hydrogens is 288 g/mol. The zero-order chi connectivity index (χ0) is 16.6. The van der Waals surface area contributed by atoms with Crippen LogP contribution in [0, 0.1) is 28.6 Å². The predicted molar refractivity (Wildman–Crippen MR) is 88.7 cm³/mol. The van der Waals surface area contributed by atoms with E-state index in [9.17, 15) is 15.0 Å². The summed E-state index contributed by atoms with van der Waals surface area (Å²) >= 11 is 0. The van der Waals surface area contributed by atoms with Crippen LogP contribution in [0.15, 0.2) is 11.6 Å². The Morgan fingerprint density at radius 3 is 2.52 bits per heavy atom. The van der Waals surface area contributed by atoms with Gasteiger partial charge in [-0.2, -0.15) is 0 Å². The Bertz CT molecular complexity index is 577. The summed E-state index contributed by atoms with van der Waals surface area (Å²) in [6.07, 6.45) is 7.70. The van der Waals surface area contributed by atoms with Crippen LogP contribution in [0.2, 0.25) is 0 Å². The monoisotopic (exact) mass is 318 g/mol. The van der Waals surface area contributed by atoms with Gasteiger partial charge in [0.05, 0.1) is 11.7 Å². The molecule has 4 aliphatic rings. The van der Waals surface area contributed by atoms with E-state index < -0.39 is 11.7 Å². The Morgan fingerprint density at radius 2 is 1.78 bits per heavy atom. The maximum Gasteiger partial charge on any atom is 0.155 e. The molecule has 0 aromatic rings. The summed E-state index contributed by atoms with van der Waals surface area (Å²) < 4.78 is 0. The van der Waals surface area contributed by atoms with E-state index in [2.05, 4.69) is 13.8 Å². The van der Waals surface area contributed by atoms with Crippen LogP contribution >= 0.6 is 0 Å². The number of carbonyl (C=O) groups is 1. The second kappa shape index (κ2) is 4.70. The van der Waals surface area contributed by atoms with Crippen LogP contribution in [0.4, 0.5) is 0 Å². The first-order chi connectivity index (χ1) is 10.7. The fourth-order valence-corrected chi connectivity index (χ4v) is 6.85. The minimum atomic E-state index is -0.576. The summed E-state index contributed by atoms with van der Waals surface area (Å²) in [7, 11) is 0. The van der Waals surface area contributed by atoms with Gasteiger partial charge in [-0.1, -0.05) is 13.8 Å². The predicted octanol–water partition coefficient (Wildman–Crippen LogP) is 3.24. The summed E-state index contributed by atoms with van der Waals surface area (Å²) in [5.41, 5.74) is 0.387. The van der Waals surface area contributed by atoms with Gasteiger partial charge in [-0.25, -0.2) is 0 Å². The Morgan fingerprint density at radius 1 is 1.09 bits per heavy atom. The molecule has 2 N–H and O–H groups in total. The quantitative estimate of drug-likeness (QED) is 0.721. The molecule has 128 valence electrons. The van der Waals surface area contributed by atoms with Crippen LogP contribution in [-0.2, 0) is 4.79 Å². The molecule has 0 spiro atoms. The van der Waals surface area contributed by atoms with Crippen molar-refractivity contribution < 1.29 is 15.0 Å². The maximum atomic E-state index is 11.9. The molecule has 0 amide bonds. The van der Waals surface area contributed by atoms with Gasteiger partial charge in [0, 0.05) is 6.42 Å². The number of ketones is 1. The zero-order valence-corrected chi connectivity index (χ0v) is 14.6. The van der Waals surface area contributed by atoms with Crippen molar-refractivity contribution in [2.45, 2.75) is 77.4 Å². The average molecular weight is 318 g/mol. The molecule has 0 bridgehead atoms. The van der Waals surface area contributed by atoms with Crippen molar-refractivity contribution in [3.63, 3.8) is 0 Å². The van der Waals surface area contributed by atoms with Crippen molar-refractivity contribution in [1.82, 2.24) is 0 Å². The minimum absolute atomic E-state index is 0.0179. The number of carbonyl (C=O) groups excluding carboxylic acids is 1. The highest BCUT2D eigenvalue weighted by Gasteiger charge is 2.63. The van der Waals surface area contributed by atoms with Gasteiger partial charge in [0.15, 0.2) is 5.78 Å². The third-order valence-corrected chi connectivity index (χ3v) is 8.54. The average Bonchev–Trinajstić information content (AvgIpc) is 2.72. The van der Waals surface area contributed by atoms with Crippen LogP contribution in [-0.4, -0.2) is 27.7 Å². The topological polar surface area (TPSA) is 57.5 Å². The van der Waals surface area contributed by atoms with Gasteiger partial charge in [-0.15, -0.1) is 0 Å². The largest absolute Gasteiger partial charge is 0.390 e. The molecule has 0 aromatic heterocycles. The fourth-order valence-electron chi connectivity index (χ4n) is 6.85. The van der Waals surface area contributed by atoms with Gasteiger partial charge in [0.25, 0.3) is 0 Å². The van der Waals surface area contributed by atoms with Crippen LogP contribution in [0.1, 0.15) is 65.7 Å². The number of rotatable bonds is 0. The molecule has 3 heteroatoms. The number of hydrogen-bond donors (Lipinski definition) is 2. The lowest BCUT2D eigenvalue weighted by atomic mass is 9.46. The van der Waals surface area contributed by atoms with Crippen LogP contribution in [0.3, 0.4) is 0 Å². The molecule has 0 aliphatic heterocycles. The van der Waals surface area contributed by atoms with E-state index in [4.69, 9.17) is 0 Å². The van der Waals surface area contributed by atoms with Crippen LogP contribution < -0.4 is 0 Å². The standard InChI is InChI=1S/C20H30O3/c1-18-7-4-12(21)10-16(18)17(22)11-13-14(18)5-8-19(2)15(13)6-9-20(19,3)23/h10,13-15,17,22-23H,4-9,11H2,1-3H3/t13-,14+,15+,17-,18-,19+,20+/m1/s1. The summed E-state index contributed by atoms with van der Waals surface area (Å²) in [6.45, 7) is 6.56. The van der Waals surface area contributed by atoms with Crippen molar-refractivity contribution in [1.29, 1.82) is 0 Å². The van der Waals surface area contributed by atoms with Crippen LogP contribution in [0.25, 0.3) is 0 Å². The van der Waals surface area contributed by atoms with Crippen molar-refractivity contribution in [2.75, 3.05) is 0 Å². The van der Waals surface area contributed by atoms with E-state index >= 15 is 0 Å². The first-order valence-corrected chi connectivity index (χ1v) is 9.34. The molecule has 3 nitrogen and oxygen atoms in total.